The van der Waals surface area contributed by atoms with Gasteiger partial charge in [0.25, 0.3) is 5.91 Å². The Balaban J connectivity index is 1.87. The number of carbonyl (C=O) groups is 2. The van der Waals surface area contributed by atoms with Gasteiger partial charge in [-0.1, -0.05) is 37.5 Å². The van der Waals surface area contributed by atoms with E-state index in [-0.39, 0.29) is 11.9 Å². The standard InChI is InChI=1S/C18H25NO3/c1-12-8-10-15(11-9-12)18(21)22-14(3)17(20)19-16-7-5-4-6-13(16)2/h8-11,13-14,16H,4-7H2,1-3H3,(H,19,20)/t13-,14-,16+/m0/s1. The van der Waals surface area contributed by atoms with Crippen LogP contribution in [0.3, 0.4) is 0 Å². The Bertz CT molecular complexity index is 524. The third-order valence-corrected chi connectivity index (χ3v) is 4.38. The molecule has 1 aliphatic carbocycles. The summed E-state index contributed by atoms with van der Waals surface area (Å²) in [7, 11) is 0. The van der Waals surface area contributed by atoms with Crippen LogP contribution in [0, 0.1) is 12.8 Å². The third kappa shape index (κ3) is 4.33. The maximum Gasteiger partial charge on any atom is 0.338 e. The monoisotopic (exact) mass is 303 g/mol. The van der Waals surface area contributed by atoms with Gasteiger partial charge in [-0.2, -0.15) is 0 Å². The van der Waals surface area contributed by atoms with E-state index in [4.69, 9.17) is 4.74 Å². The molecule has 1 fully saturated rings. The van der Waals surface area contributed by atoms with Gasteiger partial charge in [0.2, 0.25) is 0 Å². The summed E-state index contributed by atoms with van der Waals surface area (Å²) >= 11 is 0. The second-order valence-electron chi connectivity index (χ2n) is 6.29. The van der Waals surface area contributed by atoms with Crippen LogP contribution in [0.15, 0.2) is 24.3 Å². The Morgan fingerprint density at radius 3 is 2.45 bits per heavy atom. The van der Waals surface area contributed by atoms with Crippen molar-refractivity contribution in [3.63, 3.8) is 0 Å². The predicted molar refractivity (Wildman–Crippen MR) is 85.6 cm³/mol. The Labute approximate surface area is 132 Å². The first-order valence-corrected chi connectivity index (χ1v) is 8.05. The zero-order valence-electron chi connectivity index (χ0n) is 13.6. The van der Waals surface area contributed by atoms with E-state index < -0.39 is 12.1 Å². The SMILES string of the molecule is Cc1ccc(C(=O)O[C@@H](C)C(=O)N[C@@H]2CCCC[C@@H]2C)cc1. The van der Waals surface area contributed by atoms with Gasteiger partial charge in [0.1, 0.15) is 0 Å². The third-order valence-electron chi connectivity index (χ3n) is 4.38. The van der Waals surface area contributed by atoms with Crippen LogP contribution >= 0.6 is 0 Å². The zero-order valence-corrected chi connectivity index (χ0v) is 13.6. The molecule has 0 aromatic heterocycles. The van der Waals surface area contributed by atoms with Crippen molar-refractivity contribution >= 4 is 11.9 Å². The lowest BCUT2D eigenvalue weighted by Gasteiger charge is -2.30. The number of benzene rings is 1. The first-order chi connectivity index (χ1) is 10.5. The van der Waals surface area contributed by atoms with Gasteiger partial charge in [-0.25, -0.2) is 4.79 Å². The topological polar surface area (TPSA) is 55.4 Å². The van der Waals surface area contributed by atoms with E-state index in [0.29, 0.717) is 11.5 Å². The summed E-state index contributed by atoms with van der Waals surface area (Å²) in [5.41, 5.74) is 1.55. The molecule has 0 bridgehead atoms. The molecule has 3 atom stereocenters. The number of amides is 1. The van der Waals surface area contributed by atoms with Gasteiger partial charge in [0.05, 0.1) is 5.56 Å². The van der Waals surface area contributed by atoms with Crippen molar-refractivity contribution in [1.82, 2.24) is 5.32 Å². The summed E-state index contributed by atoms with van der Waals surface area (Å²) in [6.07, 6.45) is 3.75. The number of rotatable bonds is 4. The van der Waals surface area contributed by atoms with Crippen LogP contribution < -0.4 is 5.32 Å². The van der Waals surface area contributed by atoms with Crippen molar-refractivity contribution in [2.24, 2.45) is 5.92 Å². The van der Waals surface area contributed by atoms with Crippen LogP contribution in [-0.4, -0.2) is 24.0 Å². The minimum absolute atomic E-state index is 0.196. The van der Waals surface area contributed by atoms with Gasteiger partial charge in [0, 0.05) is 6.04 Å². The van der Waals surface area contributed by atoms with Crippen molar-refractivity contribution in [1.29, 1.82) is 0 Å². The van der Waals surface area contributed by atoms with Gasteiger partial charge < -0.3 is 10.1 Å². The fraction of sp³-hybridized carbons (Fsp3) is 0.556. The summed E-state index contributed by atoms with van der Waals surface area (Å²) in [5, 5.41) is 3.02. The van der Waals surface area contributed by atoms with E-state index in [1.165, 1.54) is 6.42 Å². The number of hydrogen-bond donors (Lipinski definition) is 1. The molecular weight excluding hydrogens is 278 g/mol. The summed E-state index contributed by atoms with van der Waals surface area (Å²) in [6.45, 7) is 5.73. The molecule has 1 aromatic carbocycles. The lowest BCUT2D eigenvalue weighted by molar-refractivity contribution is -0.130. The molecule has 120 valence electrons. The molecule has 0 spiro atoms. The lowest BCUT2D eigenvalue weighted by Crippen LogP contribution is -2.45. The average molecular weight is 303 g/mol. The van der Waals surface area contributed by atoms with Crippen molar-refractivity contribution in [2.75, 3.05) is 0 Å². The lowest BCUT2D eigenvalue weighted by atomic mass is 9.86. The number of esters is 1. The molecular formula is C18H25NO3. The highest BCUT2D eigenvalue weighted by Crippen LogP contribution is 2.23. The normalized spacial score (nSPS) is 22.7. The number of ether oxygens (including phenoxy) is 1. The molecule has 2 rings (SSSR count). The van der Waals surface area contributed by atoms with Crippen LogP contribution in [0.4, 0.5) is 0 Å². The molecule has 0 heterocycles. The maximum absolute atomic E-state index is 12.2. The molecule has 1 aromatic rings. The largest absolute Gasteiger partial charge is 0.449 e. The Hall–Kier alpha value is -1.84. The Kier molecular flexibility index (Phi) is 5.58. The first-order valence-electron chi connectivity index (χ1n) is 8.05. The van der Waals surface area contributed by atoms with E-state index in [1.807, 2.05) is 19.1 Å². The van der Waals surface area contributed by atoms with E-state index in [1.54, 1.807) is 19.1 Å². The van der Waals surface area contributed by atoms with E-state index in [9.17, 15) is 9.59 Å². The maximum atomic E-state index is 12.2. The summed E-state index contributed by atoms with van der Waals surface area (Å²) in [6, 6.07) is 7.33. The molecule has 1 aliphatic rings. The van der Waals surface area contributed by atoms with Gasteiger partial charge in [-0.15, -0.1) is 0 Å². The second kappa shape index (κ2) is 7.43. The minimum Gasteiger partial charge on any atom is -0.449 e. The zero-order chi connectivity index (χ0) is 16.1. The Morgan fingerprint density at radius 2 is 1.82 bits per heavy atom. The van der Waals surface area contributed by atoms with Crippen LogP contribution in [0.1, 0.15) is 55.5 Å². The Morgan fingerprint density at radius 1 is 1.18 bits per heavy atom. The molecule has 0 aliphatic heterocycles. The number of hydrogen-bond acceptors (Lipinski definition) is 3. The van der Waals surface area contributed by atoms with Gasteiger partial charge in [-0.05, 0) is 44.7 Å². The molecule has 1 amide bonds. The second-order valence-corrected chi connectivity index (χ2v) is 6.29. The number of aryl methyl sites for hydroxylation is 1. The molecule has 22 heavy (non-hydrogen) atoms. The molecule has 1 N–H and O–H groups in total. The molecule has 0 saturated heterocycles. The smallest absolute Gasteiger partial charge is 0.338 e. The average Bonchev–Trinajstić information content (AvgIpc) is 2.50. The first kappa shape index (κ1) is 16.5. The molecule has 0 unspecified atom stereocenters. The van der Waals surface area contributed by atoms with Gasteiger partial charge >= 0.3 is 5.97 Å². The number of carbonyl (C=O) groups excluding carboxylic acids is 2. The fourth-order valence-electron chi connectivity index (χ4n) is 2.80. The predicted octanol–water partition coefficient (Wildman–Crippen LogP) is 3.24. The van der Waals surface area contributed by atoms with Crippen molar-refractivity contribution in [3.05, 3.63) is 35.4 Å². The molecule has 4 heteroatoms. The highest BCUT2D eigenvalue weighted by atomic mass is 16.5. The van der Waals surface area contributed by atoms with Crippen molar-refractivity contribution in [3.8, 4) is 0 Å². The van der Waals surface area contributed by atoms with Crippen LogP contribution in [-0.2, 0) is 9.53 Å². The highest BCUT2D eigenvalue weighted by molar-refractivity contribution is 5.92. The van der Waals surface area contributed by atoms with Crippen molar-refractivity contribution in [2.45, 2.75) is 58.6 Å². The molecule has 0 radical (unpaired) electrons. The quantitative estimate of drug-likeness (QED) is 0.869. The number of nitrogens with one attached hydrogen (secondary N) is 1. The van der Waals surface area contributed by atoms with E-state index in [2.05, 4.69) is 12.2 Å². The minimum atomic E-state index is -0.775. The highest BCUT2D eigenvalue weighted by Gasteiger charge is 2.26. The van der Waals surface area contributed by atoms with Crippen LogP contribution in [0.25, 0.3) is 0 Å². The molecule has 4 nitrogen and oxygen atoms in total. The van der Waals surface area contributed by atoms with E-state index >= 15 is 0 Å². The van der Waals surface area contributed by atoms with E-state index in [0.717, 1.165) is 24.8 Å². The fourth-order valence-corrected chi connectivity index (χ4v) is 2.80. The van der Waals surface area contributed by atoms with Crippen LogP contribution in [0.5, 0.6) is 0 Å². The van der Waals surface area contributed by atoms with Crippen LogP contribution in [0.2, 0.25) is 0 Å². The molecule has 1 saturated carbocycles. The summed E-state index contributed by atoms with van der Waals surface area (Å²) in [5.74, 6) is -0.184. The van der Waals surface area contributed by atoms with Gasteiger partial charge in [0.15, 0.2) is 6.10 Å². The van der Waals surface area contributed by atoms with Gasteiger partial charge in [-0.3, -0.25) is 4.79 Å². The van der Waals surface area contributed by atoms with Crippen molar-refractivity contribution < 1.29 is 14.3 Å². The summed E-state index contributed by atoms with van der Waals surface area (Å²) < 4.78 is 5.26. The summed E-state index contributed by atoms with van der Waals surface area (Å²) in [4.78, 5) is 24.2.